The molecule has 6 heteroatoms. The lowest BCUT2D eigenvalue weighted by Crippen LogP contribution is -2.39. The van der Waals surface area contributed by atoms with E-state index in [1.807, 2.05) is 12.3 Å². The van der Waals surface area contributed by atoms with Crippen LogP contribution in [0.2, 0.25) is 0 Å². The van der Waals surface area contributed by atoms with Crippen molar-refractivity contribution < 1.29 is 0 Å². The van der Waals surface area contributed by atoms with Crippen LogP contribution in [0.1, 0.15) is 36.9 Å². The molecule has 2 aromatic rings. The fourth-order valence-corrected chi connectivity index (χ4v) is 4.21. The van der Waals surface area contributed by atoms with Crippen LogP contribution >= 0.6 is 0 Å². The maximum absolute atomic E-state index is 12.4. The van der Waals surface area contributed by atoms with Crippen molar-refractivity contribution in [1.29, 1.82) is 0 Å². The second kappa shape index (κ2) is 7.58. The van der Waals surface area contributed by atoms with Crippen LogP contribution in [-0.2, 0) is 25.9 Å². The topological polar surface area (TPSA) is 60.1 Å². The van der Waals surface area contributed by atoms with Crippen LogP contribution in [0.15, 0.2) is 40.1 Å². The van der Waals surface area contributed by atoms with E-state index in [1.54, 1.807) is 27.4 Å². The van der Waals surface area contributed by atoms with Gasteiger partial charge in [0.25, 0.3) is 11.1 Å². The van der Waals surface area contributed by atoms with E-state index < -0.39 is 0 Å². The van der Waals surface area contributed by atoms with Crippen LogP contribution in [-0.4, -0.2) is 38.4 Å². The minimum Gasteiger partial charge on any atom is -0.314 e. The van der Waals surface area contributed by atoms with Crippen LogP contribution in [0.25, 0.3) is 0 Å². The molecule has 0 radical (unpaired) electrons. The number of aryl methyl sites for hydroxylation is 2. The third-order valence-corrected chi connectivity index (χ3v) is 5.68. The molecule has 1 unspecified atom stereocenters. The molecule has 0 aromatic carbocycles. The first-order valence-corrected chi connectivity index (χ1v) is 9.70. The Labute approximate surface area is 153 Å². The summed E-state index contributed by atoms with van der Waals surface area (Å²) in [5, 5.41) is 4.67. The summed E-state index contributed by atoms with van der Waals surface area (Å²) in [4.78, 5) is 26.7. The van der Waals surface area contributed by atoms with Crippen LogP contribution in [0.4, 0.5) is 0 Å². The van der Waals surface area contributed by atoms with E-state index in [0.717, 1.165) is 56.5 Å². The molecule has 4 rings (SSSR count). The minimum absolute atomic E-state index is 0.0248. The first-order valence-electron chi connectivity index (χ1n) is 9.70. The van der Waals surface area contributed by atoms with E-state index in [2.05, 4.69) is 10.00 Å². The largest absolute Gasteiger partial charge is 0.314 e. The molecule has 1 aliphatic heterocycles. The van der Waals surface area contributed by atoms with Gasteiger partial charge in [-0.2, -0.15) is 5.10 Å². The van der Waals surface area contributed by atoms with Gasteiger partial charge in [0.15, 0.2) is 0 Å². The molecule has 0 saturated carbocycles. The smallest absolute Gasteiger partial charge is 0.267 e. The molecule has 0 amide bonds. The van der Waals surface area contributed by atoms with E-state index in [1.165, 1.54) is 6.42 Å². The molecular formula is C20H26N4O2. The Morgan fingerprint density at radius 2 is 1.92 bits per heavy atom. The van der Waals surface area contributed by atoms with Crippen LogP contribution in [0, 0.1) is 0 Å². The standard InChI is InChI=1S/C20H26N4O2/c25-19-9-3-4-10-23(19)13-12-22-11-5-7-17(22)15-24-20(26)14-16-6-1-2-8-18(16)21-24/h3-4,9-10,14,17H,1-2,5-8,11-13,15H2. The molecule has 0 N–H and O–H groups in total. The maximum atomic E-state index is 12.4. The third-order valence-electron chi connectivity index (χ3n) is 5.68. The van der Waals surface area contributed by atoms with Crippen molar-refractivity contribution in [3.05, 3.63) is 62.4 Å². The molecule has 3 heterocycles. The zero-order chi connectivity index (χ0) is 17.9. The van der Waals surface area contributed by atoms with Gasteiger partial charge in [0.2, 0.25) is 0 Å². The van der Waals surface area contributed by atoms with E-state index in [4.69, 9.17) is 0 Å². The predicted molar refractivity (Wildman–Crippen MR) is 100 cm³/mol. The zero-order valence-electron chi connectivity index (χ0n) is 15.1. The van der Waals surface area contributed by atoms with E-state index in [-0.39, 0.29) is 11.1 Å². The van der Waals surface area contributed by atoms with Crippen molar-refractivity contribution >= 4 is 0 Å². The third kappa shape index (κ3) is 3.65. The average Bonchev–Trinajstić information content (AvgIpc) is 3.09. The first-order chi connectivity index (χ1) is 12.7. The van der Waals surface area contributed by atoms with Crippen LogP contribution < -0.4 is 11.1 Å². The zero-order valence-corrected chi connectivity index (χ0v) is 15.1. The van der Waals surface area contributed by atoms with Crippen molar-refractivity contribution in [1.82, 2.24) is 19.2 Å². The van der Waals surface area contributed by atoms with Crippen molar-refractivity contribution in [2.45, 2.75) is 57.7 Å². The van der Waals surface area contributed by atoms with Gasteiger partial charge in [0.05, 0.1) is 12.2 Å². The Hall–Kier alpha value is -2.21. The second-order valence-corrected chi connectivity index (χ2v) is 7.41. The number of fused-ring (bicyclic) bond motifs is 1. The summed E-state index contributed by atoms with van der Waals surface area (Å²) in [5.74, 6) is 0. The van der Waals surface area contributed by atoms with Gasteiger partial charge in [-0.1, -0.05) is 6.07 Å². The Bertz CT molecular complexity index is 886. The second-order valence-electron chi connectivity index (χ2n) is 7.41. The molecule has 6 nitrogen and oxygen atoms in total. The summed E-state index contributed by atoms with van der Waals surface area (Å²) in [6.45, 7) is 3.18. The highest BCUT2D eigenvalue weighted by Gasteiger charge is 2.25. The van der Waals surface area contributed by atoms with Gasteiger partial charge in [-0.05, 0) is 56.7 Å². The quantitative estimate of drug-likeness (QED) is 0.815. The number of rotatable bonds is 5. The van der Waals surface area contributed by atoms with Crippen molar-refractivity contribution in [2.24, 2.45) is 0 Å². The Balaban J connectivity index is 1.45. The number of pyridine rings is 1. The summed E-state index contributed by atoms with van der Waals surface area (Å²) >= 11 is 0. The highest BCUT2D eigenvalue weighted by molar-refractivity contribution is 5.20. The molecular weight excluding hydrogens is 328 g/mol. The van der Waals surface area contributed by atoms with Crippen molar-refractivity contribution in [2.75, 3.05) is 13.1 Å². The Morgan fingerprint density at radius 3 is 2.81 bits per heavy atom. The predicted octanol–water partition coefficient (Wildman–Crippen LogP) is 1.45. The summed E-state index contributed by atoms with van der Waals surface area (Å²) in [6.07, 6.45) is 8.35. The number of likely N-dealkylation sites (tertiary alicyclic amines) is 1. The summed E-state index contributed by atoms with van der Waals surface area (Å²) < 4.78 is 3.42. The van der Waals surface area contributed by atoms with Crippen molar-refractivity contribution in [3.8, 4) is 0 Å². The summed E-state index contributed by atoms with van der Waals surface area (Å²) in [6, 6.07) is 7.37. The van der Waals surface area contributed by atoms with Gasteiger partial charge in [0, 0.05) is 37.5 Å². The lowest BCUT2D eigenvalue weighted by atomic mass is 9.97. The molecule has 0 spiro atoms. The number of aromatic nitrogens is 3. The highest BCUT2D eigenvalue weighted by Crippen LogP contribution is 2.20. The molecule has 2 aromatic heterocycles. The molecule has 138 valence electrons. The molecule has 2 aliphatic rings. The normalized spacial score (nSPS) is 20.2. The van der Waals surface area contributed by atoms with Crippen molar-refractivity contribution in [3.63, 3.8) is 0 Å². The van der Waals surface area contributed by atoms with Gasteiger partial charge < -0.3 is 4.57 Å². The molecule has 26 heavy (non-hydrogen) atoms. The molecule has 1 atom stereocenters. The molecule has 0 bridgehead atoms. The monoisotopic (exact) mass is 354 g/mol. The van der Waals surface area contributed by atoms with Gasteiger partial charge in [-0.15, -0.1) is 0 Å². The fraction of sp³-hybridized carbons (Fsp3) is 0.550. The van der Waals surface area contributed by atoms with E-state index in [0.29, 0.717) is 19.1 Å². The minimum atomic E-state index is 0.0248. The first kappa shape index (κ1) is 17.2. The lowest BCUT2D eigenvalue weighted by molar-refractivity contribution is 0.215. The Morgan fingerprint density at radius 1 is 1.04 bits per heavy atom. The SMILES string of the molecule is O=c1ccccn1CCN1CCCC1Cn1nc2c(cc1=O)CCCC2. The molecule has 1 saturated heterocycles. The number of hydrogen-bond acceptors (Lipinski definition) is 4. The van der Waals surface area contributed by atoms with Gasteiger partial charge in [-0.25, -0.2) is 4.68 Å². The molecule has 1 aliphatic carbocycles. The number of nitrogens with zero attached hydrogens (tertiary/aromatic N) is 4. The van der Waals surface area contributed by atoms with Crippen LogP contribution in [0.3, 0.4) is 0 Å². The average molecular weight is 354 g/mol. The number of hydrogen-bond donors (Lipinski definition) is 0. The van der Waals surface area contributed by atoms with E-state index >= 15 is 0 Å². The van der Waals surface area contributed by atoms with E-state index in [9.17, 15) is 9.59 Å². The summed E-state index contributed by atoms with van der Waals surface area (Å²) in [7, 11) is 0. The van der Waals surface area contributed by atoms with Gasteiger partial charge in [0.1, 0.15) is 0 Å². The molecule has 1 fully saturated rings. The lowest BCUT2D eigenvalue weighted by Gasteiger charge is -2.25. The van der Waals surface area contributed by atoms with Crippen LogP contribution in [0.5, 0.6) is 0 Å². The summed E-state index contributed by atoms with van der Waals surface area (Å²) in [5.41, 5.74) is 2.31. The Kier molecular flexibility index (Phi) is 5.02. The van der Waals surface area contributed by atoms with Gasteiger partial charge in [-0.3, -0.25) is 14.5 Å². The maximum Gasteiger partial charge on any atom is 0.267 e. The highest BCUT2D eigenvalue weighted by atomic mass is 16.1. The van der Waals surface area contributed by atoms with Gasteiger partial charge >= 0.3 is 0 Å². The fourth-order valence-electron chi connectivity index (χ4n) is 4.21.